The molecular formula is C17H21FN2O2. The zero-order valence-corrected chi connectivity index (χ0v) is 12.5. The van der Waals surface area contributed by atoms with Crippen molar-refractivity contribution < 1.29 is 14.2 Å². The average Bonchev–Trinajstić information content (AvgIpc) is 2.94. The Morgan fingerprint density at radius 3 is 2.95 bits per heavy atom. The van der Waals surface area contributed by atoms with Crippen LogP contribution in [-0.4, -0.2) is 41.9 Å². The molecule has 1 aliphatic heterocycles. The normalized spacial score (nSPS) is 29.4. The first-order chi connectivity index (χ1) is 10.7. The third-order valence-electron chi connectivity index (χ3n) is 4.85. The van der Waals surface area contributed by atoms with Crippen LogP contribution in [0.4, 0.5) is 4.39 Å². The van der Waals surface area contributed by atoms with E-state index in [1.807, 2.05) is 6.07 Å². The number of ether oxygens (including phenoxy) is 1. The minimum Gasteiger partial charge on any atom is -0.393 e. The molecule has 1 heterocycles. The van der Waals surface area contributed by atoms with Gasteiger partial charge in [-0.25, -0.2) is 4.39 Å². The van der Waals surface area contributed by atoms with Crippen LogP contribution in [0.2, 0.25) is 0 Å². The van der Waals surface area contributed by atoms with Gasteiger partial charge in [-0.15, -0.1) is 0 Å². The van der Waals surface area contributed by atoms with Crippen LogP contribution in [0.1, 0.15) is 30.4 Å². The molecule has 3 rings (SSSR count). The second kappa shape index (κ2) is 6.74. The zero-order valence-electron chi connectivity index (χ0n) is 12.5. The van der Waals surface area contributed by atoms with E-state index in [0.717, 1.165) is 31.4 Å². The fourth-order valence-corrected chi connectivity index (χ4v) is 3.65. The van der Waals surface area contributed by atoms with Gasteiger partial charge in [0, 0.05) is 25.0 Å². The van der Waals surface area contributed by atoms with E-state index in [4.69, 9.17) is 10.00 Å². The molecule has 2 fully saturated rings. The monoisotopic (exact) mass is 304 g/mol. The molecule has 3 atom stereocenters. The number of nitrogens with zero attached hydrogens (tertiary/aromatic N) is 2. The van der Waals surface area contributed by atoms with Crippen molar-refractivity contribution in [2.24, 2.45) is 5.92 Å². The summed E-state index contributed by atoms with van der Waals surface area (Å²) in [5, 5.41) is 19.0. The fourth-order valence-electron chi connectivity index (χ4n) is 3.65. The lowest BCUT2D eigenvalue weighted by Crippen LogP contribution is -2.50. The van der Waals surface area contributed by atoms with Gasteiger partial charge in [-0.05, 0) is 30.5 Å². The molecule has 2 aliphatic rings. The number of aliphatic hydroxyl groups excluding tert-OH is 1. The zero-order chi connectivity index (χ0) is 15.5. The van der Waals surface area contributed by atoms with Gasteiger partial charge in [-0.1, -0.05) is 12.5 Å². The van der Waals surface area contributed by atoms with Gasteiger partial charge in [0.15, 0.2) is 0 Å². The lowest BCUT2D eigenvalue weighted by atomic mass is 9.94. The van der Waals surface area contributed by atoms with Gasteiger partial charge in [0.1, 0.15) is 11.9 Å². The molecular weight excluding hydrogens is 283 g/mol. The molecule has 0 amide bonds. The van der Waals surface area contributed by atoms with E-state index in [1.54, 1.807) is 6.07 Å². The molecule has 1 saturated carbocycles. The molecule has 118 valence electrons. The van der Waals surface area contributed by atoms with Gasteiger partial charge in [-0.2, -0.15) is 5.26 Å². The highest BCUT2D eigenvalue weighted by Crippen LogP contribution is 2.32. The van der Waals surface area contributed by atoms with Crippen LogP contribution in [0.3, 0.4) is 0 Å². The Kier molecular flexibility index (Phi) is 4.72. The van der Waals surface area contributed by atoms with Crippen LogP contribution in [0, 0.1) is 23.1 Å². The Balaban J connectivity index is 1.74. The smallest absolute Gasteiger partial charge is 0.141 e. The van der Waals surface area contributed by atoms with Crippen molar-refractivity contribution in [3.05, 3.63) is 35.1 Å². The van der Waals surface area contributed by atoms with Gasteiger partial charge >= 0.3 is 0 Å². The highest BCUT2D eigenvalue weighted by molar-refractivity contribution is 5.33. The Morgan fingerprint density at radius 1 is 1.41 bits per heavy atom. The van der Waals surface area contributed by atoms with E-state index in [2.05, 4.69) is 4.90 Å². The summed E-state index contributed by atoms with van der Waals surface area (Å²) in [6.07, 6.45) is 2.68. The summed E-state index contributed by atoms with van der Waals surface area (Å²) < 4.78 is 19.4. The number of hydrogen-bond donors (Lipinski definition) is 1. The summed E-state index contributed by atoms with van der Waals surface area (Å²) in [6.45, 7) is 2.70. The summed E-state index contributed by atoms with van der Waals surface area (Å²) >= 11 is 0. The van der Waals surface area contributed by atoms with Crippen molar-refractivity contribution >= 4 is 0 Å². The number of benzene rings is 1. The molecule has 1 aliphatic carbocycles. The second-order valence-corrected chi connectivity index (χ2v) is 6.20. The minimum atomic E-state index is -0.467. The third kappa shape index (κ3) is 3.14. The predicted octanol–water partition coefficient (Wildman–Crippen LogP) is 2.06. The lowest BCUT2D eigenvalue weighted by Gasteiger charge is -2.40. The maximum absolute atomic E-state index is 13.8. The molecule has 0 unspecified atom stereocenters. The van der Waals surface area contributed by atoms with E-state index < -0.39 is 5.82 Å². The van der Waals surface area contributed by atoms with Gasteiger partial charge in [0.2, 0.25) is 0 Å². The standard InChI is InChI=1S/C17H21FN2O2/c18-15-8-12(4-5-13(15)9-19)10-20-6-7-22-11-16(20)14-2-1-3-17(14)21/h4-5,8,14,16-17,21H,1-3,6-7,10-11H2/t14-,16+,17-/m0/s1. The van der Waals surface area contributed by atoms with Crippen LogP contribution in [0.5, 0.6) is 0 Å². The number of nitriles is 1. The molecule has 1 aromatic carbocycles. The van der Waals surface area contributed by atoms with Gasteiger partial charge in [0.05, 0.1) is 24.9 Å². The Hall–Kier alpha value is -1.48. The van der Waals surface area contributed by atoms with Gasteiger partial charge in [0.25, 0.3) is 0 Å². The largest absolute Gasteiger partial charge is 0.393 e. The highest BCUT2D eigenvalue weighted by atomic mass is 19.1. The number of halogens is 1. The Morgan fingerprint density at radius 2 is 2.27 bits per heavy atom. The molecule has 0 radical (unpaired) electrons. The van der Waals surface area contributed by atoms with Crippen molar-refractivity contribution in [1.82, 2.24) is 4.90 Å². The minimum absolute atomic E-state index is 0.0773. The summed E-state index contributed by atoms with van der Waals surface area (Å²) in [6, 6.07) is 6.81. The molecule has 0 aromatic heterocycles. The van der Waals surface area contributed by atoms with Crippen molar-refractivity contribution in [3.8, 4) is 6.07 Å². The topological polar surface area (TPSA) is 56.5 Å². The SMILES string of the molecule is N#Cc1ccc(CN2CCOC[C@@H]2[C@@H]2CCC[C@@H]2O)cc1F. The molecule has 0 spiro atoms. The first-order valence-electron chi connectivity index (χ1n) is 7.87. The molecule has 0 bridgehead atoms. The van der Waals surface area contributed by atoms with Crippen LogP contribution >= 0.6 is 0 Å². The Labute approximate surface area is 130 Å². The average molecular weight is 304 g/mol. The molecule has 1 aromatic rings. The maximum atomic E-state index is 13.8. The van der Waals surface area contributed by atoms with E-state index in [1.165, 1.54) is 12.1 Å². The summed E-state index contributed by atoms with van der Waals surface area (Å²) in [4.78, 5) is 2.28. The highest BCUT2D eigenvalue weighted by Gasteiger charge is 2.37. The van der Waals surface area contributed by atoms with Crippen molar-refractivity contribution in [2.45, 2.75) is 38.0 Å². The summed E-state index contributed by atoms with van der Waals surface area (Å²) in [7, 11) is 0. The first kappa shape index (κ1) is 15.4. The van der Waals surface area contributed by atoms with E-state index in [9.17, 15) is 9.50 Å². The molecule has 1 N–H and O–H groups in total. The number of aliphatic hydroxyl groups is 1. The second-order valence-electron chi connectivity index (χ2n) is 6.20. The van der Waals surface area contributed by atoms with Crippen molar-refractivity contribution in [3.63, 3.8) is 0 Å². The van der Waals surface area contributed by atoms with Crippen LogP contribution < -0.4 is 0 Å². The van der Waals surface area contributed by atoms with Gasteiger partial charge < -0.3 is 9.84 Å². The van der Waals surface area contributed by atoms with E-state index >= 15 is 0 Å². The van der Waals surface area contributed by atoms with Gasteiger partial charge in [-0.3, -0.25) is 4.90 Å². The molecule has 22 heavy (non-hydrogen) atoms. The van der Waals surface area contributed by atoms with Crippen LogP contribution in [0.15, 0.2) is 18.2 Å². The van der Waals surface area contributed by atoms with Crippen molar-refractivity contribution in [1.29, 1.82) is 5.26 Å². The van der Waals surface area contributed by atoms with Crippen LogP contribution in [0.25, 0.3) is 0 Å². The maximum Gasteiger partial charge on any atom is 0.141 e. The number of hydrogen-bond acceptors (Lipinski definition) is 4. The third-order valence-corrected chi connectivity index (χ3v) is 4.85. The first-order valence-corrected chi connectivity index (χ1v) is 7.87. The van der Waals surface area contributed by atoms with E-state index in [0.29, 0.717) is 19.8 Å². The number of morpholine rings is 1. The summed E-state index contributed by atoms with van der Waals surface area (Å²) in [5.74, 6) is -0.228. The fraction of sp³-hybridized carbons (Fsp3) is 0.588. The summed E-state index contributed by atoms with van der Waals surface area (Å²) in [5.41, 5.74) is 0.935. The number of rotatable bonds is 3. The van der Waals surface area contributed by atoms with Crippen molar-refractivity contribution in [2.75, 3.05) is 19.8 Å². The van der Waals surface area contributed by atoms with E-state index in [-0.39, 0.29) is 23.6 Å². The Bertz CT molecular complexity index is 572. The molecule has 1 saturated heterocycles. The quantitative estimate of drug-likeness (QED) is 0.928. The van der Waals surface area contributed by atoms with Crippen LogP contribution in [-0.2, 0) is 11.3 Å². The lowest BCUT2D eigenvalue weighted by molar-refractivity contribution is -0.0536. The molecule has 4 nitrogen and oxygen atoms in total. The molecule has 5 heteroatoms. The predicted molar refractivity (Wildman–Crippen MR) is 79.5 cm³/mol.